The highest BCUT2D eigenvalue weighted by atomic mass is 16.5. The number of benzene rings is 3. The molecule has 1 aliphatic carbocycles. The second kappa shape index (κ2) is 8.15. The van der Waals surface area contributed by atoms with Gasteiger partial charge in [-0.15, -0.1) is 0 Å². The molecular formula is C26H24O4. The van der Waals surface area contributed by atoms with Crippen molar-refractivity contribution >= 4 is 22.7 Å². The number of allylic oxidation sites excluding steroid dienone is 1. The Bertz CT molecular complexity index is 1170. The number of esters is 1. The topological polar surface area (TPSA) is 63.6 Å². The van der Waals surface area contributed by atoms with Gasteiger partial charge in [0.15, 0.2) is 0 Å². The van der Waals surface area contributed by atoms with E-state index in [9.17, 15) is 14.7 Å². The minimum Gasteiger partial charge on any atom is -0.478 e. The molecule has 0 aromatic heterocycles. The third-order valence-electron chi connectivity index (χ3n) is 5.78. The van der Waals surface area contributed by atoms with Gasteiger partial charge >= 0.3 is 11.9 Å². The molecule has 0 radical (unpaired) electrons. The summed E-state index contributed by atoms with van der Waals surface area (Å²) in [5.74, 6) is -0.275. The Morgan fingerprint density at radius 1 is 1.03 bits per heavy atom. The smallest absolute Gasteiger partial charge is 0.339 e. The van der Waals surface area contributed by atoms with E-state index in [1.54, 1.807) is 18.2 Å². The summed E-state index contributed by atoms with van der Waals surface area (Å²) in [5, 5.41) is 11.4. The maximum atomic E-state index is 12.8. The van der Waals surface area contributed by atoms with E-state index in [0.717, 1.165) is 41.2 Å². The lowest BCUT2D eigenvalue weighted by Crippen LogP contribution is -2.15. The van der Waals surface area contributed by atoms with Crippen molar-refractivity contribution in [2.75, 3.05) is 0 Å². The van der Waals surface area contributed by atoms with E-state index < -0.39 is 5.97 Å². The molecule has 4 nitrogen and oxygen atoms in total. The number of ether oxygens (including phenoxy) is 1. The average molecular weight is 400 g/mol. The van der Waals surface area contributed by atoms with E-state index in [0.29, 0.717) is 22.8 Å². The van der Waals surface area contributed by atoms with Crippen LogP contribution in [0.3, 0.4) is 0 Å². The van der Waals surface area contributed by atoms with Crippen LogP contribution in [0.4, 0.5) is 0 Å². The molecule has 152 valence electrons. The zero-order chi connectivity index (χ0) is 21.3. The van der Waals surface area contributed by atoms with Crippen LogP contribution in [0.15, 0.2) is 66.2 Å². The fourth-order valence-electron chi connectivity index (χ4n) is 4.12. The van der Waals surface area contributed by atoms with Crippen LogP contribution in [0.2, 0.25) is 0 Å². The number of carbonyl (C=O) groups is 2. The molecule has 1 unspecified atom stereocenters. The highest BCUT2D eigenvalue weighted by molar-refractivity contribution is 6.07. The number of carboxylic acids is 1. The van der Waals surface area contributed by atoms with Gasteiger partial charge < -0.3 is 9.84 Å². The molecule has 1 N–H and O–H groups in total. The molecule has 1 atom stereocenters. The normalized spacial score (nSPS) is 16.2. The summed E-state index contributed by atoms with van der Waals surface area (Å²) < 4.78 is 5.85. The minimum absolute atomic E-state index is 0.229. The summed E-state index contributed by atoms with van der Waals surface area (Å²) >= 11 is 0. The lowest BCUT2D eigenvalue weighted by molar-refractivity contribution is -0.130. The molecule has 0 saturated carbocycles. The fourth-order valence-corrected chi connectivity index (χ4v) is 4.12. The van der Waals surface area contributed by atoms with Crippen LogP contribution in [0.5, 0.6) is 5.75 Å². The number of aromatic carboxylic acids is 1. The van der Waals surface area contributed by atoms with E-state index in [-0.39, 0.29) is 11.5 Å². The van der Waals surface area contributed by atoms with Crippen LogP contribution in [0, 0.1) is 12.8 Å². The van der Waals surface area contributed by atoms with E-state index in [1.165, 1.54) is 0 Å². The molecule has 4 heteroatoms. The number of carbonyl (C=O) groups excluding carboxylic acids is 1. The molecular weight excluding hydrogens is 376 g/mol. The first-order valence-electron chi connectivity index (χ1n) is 10.2. The first-order chi connectivity index (χ1) is 14.5. The summed E-state index contributed by atoms with van der Waals surface area (Å²) in [4.78, 5) is 24.7. The largest absolute Gasteiger partial charge is 0.478 e. The molecule has 30 heavy (non-hydrogen) atoms. The second-order valence-corrected chi connectivity index (χ2v) is 7.96. The molecule has 1 aliphatic rings. The van der Waals surface area contributed by atoms with Crippen LogP contribution in [-0.4, -0.2) is 17.0 Å². The molecule has 3 aromatic carbocycles. The lowest BCUT2D eigenvalue weighted by atomic mass is 9.90. The van der Waals surface area contributed by atoms with Crippen molar-refractivity contribution in [2.24, 2.45) is 5.92 Å². The maximum Gasteiger partial charge on any atom is 0.339 e. The Morgan fingerprint density at radius 2 is 1.77 bits per heavy atom. The lowest BCUT2D eigenvalue weighted by Gasteiger charge is -2.18. The second-order valence-electron chi connectivity index (χ2n) is 7.96. The van der Waals surface area contributed by atoms with Gasteiger partial charge in [-0.25, -0.2) is 9.59 Å². The molecule has 0 amide bonds. The predicted octanol–water partition coefficient (Wildman–Crippen LogP) is 6.17. The van der Waals surface area contributed by atoms with Crippen LogP contribution in [0.1, 0.15) is 42.1 Å². The standard InChI is InChI=1S/C26H24O4/c1-16-12-14-19(15-13-16)26(29)30-22-11-5-8-18-7-4-9-20(24(18)22)23-17(2)6-3-10-21(23)25(27)28/h3-11,14,16H,12-13,15H2,1-2H3,(H,27,28). The molecule has 0 spiro atoms. The minimum atomic E-state index is -0.985. The van der Waals surface area contributed by atoms with Crippen molar-refractivity contribution in [1.29, 1.82) is 0 Å². The number of fused-ring (bicyclic) bond motifs is 1. The Labute approximate surface area is 175 Å². The first-order valence-corrected chi connectivity index (χ1v) is 10.2. The van der Waals surface area contributed by atoms with Crippen molar-refractivity contribution in [1.82, 2.24) is 0 Å². The maximum absolute atomic E-state index is 12.8. The van der Waals surface area contributed by atoms with Crippen LogP contribution in [0.25, 0.3) is 21.9 Å². The SMILES string of the molecule is Cc1cccc(C(=O)O)c1-c1cccc2cccc(OC(=O)C3=CCC(C)CC3)c12. The summed E-state index contributed by atoms with van der Waals surface area (Å²) in [6, 6.07) is 16.5. The highest BCUT2D eigenvalue weighted by Crippen LogP contribution is 2.39. The first kappa shape index (κ1) is 19.9. The van der Waals surface area contributed by atoms with Gasteiger partial charge in [-0.2, -0.15) is 0 Å². The number of carboxylic acid groups (broad SMARTS) is 1. The summed E-state index contributed by atoms with van der Waals surface area (Å²) in [6.07, 6.45) is 4.56. The predicted molar refractivity (Wildman–Crippen MR) is 118 cm³/mol. The molecule has 4 rings (SSSR count). The molecule has 0 bridgehead atoms. The van der Waals surface area contributed by atoms with Crippen molar-refractivity contribution in [2.45, 2.75) is 33.1 Å². The molecule has 0 heterocycles. The molecule has 0 saturated heterocycles. The Hall–Kier alpha value is -3.40. The van der Waals surface area contributed by atoms with Crippen molar-refractivity contribution in [3.63, 3.8) is 0 Å². The zero-order valence-electron chi connectivity index (χ0n) is 17.1. The Kier molecular flexibility index (Phi) is 5.40. The quantitative estimate of drug-likeness (QED) is 0.420. The van der Waals surface area contributed by atoms with Gasteiger partial charge in [-0.05, 0) is 66.3 Å². The average Bonchev–Trinajstić information content (AvgIpc) is 2.73. The van der Waals surface area contributed by atoms with Gasteiger partial charge in [-0.3, -0.25) is 0 Å². The van der Waals surface area contributed by atoms with E-state index in [4.69, 9.17) is 4.74 Å². The molecule has 0 aliphatic heterocycles. The van der Waals surface area contributed by atoms with Crippen molar-refractivity contribution in [3.8, 4) is 16.9 Å². The number of aryl methyl sites for hydroxylation is 1. The van der Waals surface area contributed by atoms with E-state index >= 15 is 0 Å². The van der Waals surface area contributed by atoms with E-state index in [1.807, 2.05) is 49.4 Å². The zero-order valence-corrected chi connectivity index (χ0v) is 17.1. The fraction of sp³-hybridized carbons (Fsp3) is 0.231. The van der Waals surface area contributed by atoms with Crippen molar-refractivity contribution in [3.05, 3.63) is 77.4 Å². The third kappa shape index (κ3) is 3.73. The van der Waals surface area contributed by atoms with Crippen molar-refractivity contribution < 1.29 is 19.4 Å². The van der Waals surface area contributed by atoms with Gasteiger partial charge in [0.1, 0.15) is 5.75 Å². The Balaban J connectivity index is 1.85. The highest BCUT2D eigenvalue weighted by Gasteiger charge is 2.21. The van der Waals surface area contributed by atoms with Crippen LogP contribution < -0.4 is 4.74 Å². The van der Waals surface area contributed by atoms with Gasteiger partial charge in [0.05, 0.1) is 5.56 Å². The summed E-state index contributed by atoms with van der Waals surface area (Å²) in [7, 11) is 0. The summed E-state index contributed by atoms with van der Waals surface area (Å²) in [6.45, 7) is 4.07. The number of rotatable bonds is 4. The van der Waals surface area contributed by atoms with Gasteiger partial charge in [0, 0.05) is 11.0 Å². The van der Waals surface area contributed by atoms with Gasteiger partial charge in [0.25, 0.3) is 0 Å². The monoisotopic (exact) mass is 400 g/mol. The summed E-state index contributed by atoms with van der Waals surface area (Å²) in [5.41, 5.74) is 3.19. The van der Waals surface area contributed by atoms with E-state index in [2.05, 4.69) is 6.92 Å². The van der Waals surface area contributed by atoms with Gasteiger partial charge in [-0.1, -0.05) is 55.5 Å². The number of hydrogen-bond donors (Lipinski definition) is 1. The van der Waals surface area contributed by atoms with Crippen LogP contribution in [-0.2, 0) is 4.79 Å². The van der Waals surface area contributed by atoms with Crippen LogP contribution >= 0.6 is 0 Å². The number of hydrogen-bond acceptors (Lipinski definition) is 3. The van der Waals surface area contributed by atoms with Gasteiger partial charge in [0.2, 0.25) is 0 Å². The molecule has 3 aromatic rings. The Morgan fingerprint density at radius 3 is 2.47 bits per heavy atom. The third-order valence-corrected chi connectivity index (χ3v) is 5.78. The molecule has 0 fully saturated rings.